The third kappa shape index (κ3) is 1.94. The molecule has 19 heavy (non-hydrogen) atoms. The summed E-state index contributed by atoms with van der Waals surface area (Å²) >= 11 is 3.53. The van der Waals surface area contributed by atoms with Crippen LogP contribution in [0.15, 0.2) is 22.8 Å². The van der Waals surface area contributed by atoms with Gasteiger partial charge in [0.25, 0.3) is 0 Å². The van der Waals surface area contributed by atoms with E-state index in [1.165, 1.54) is 12.8 Å². The topological polar surface area (TPSA) is 45.5 Å². The Morgan fingerprint density at radius 2 is 2.32 bits per heavy atom. The Hall–Kier alpha value is -1.14. The van der Waals surface area contributed by atoms with Crippen molar-refractivity contribution in [3.63, 3.8) is 0 Å². The van der Waals surface area contributed by atoms with Crippen LogP contribution < -0.4 is 10.2 Å². The number of aromatic nitrogens is 3. The number of piperidine rings is 1. The lowest BCUT2D eigenvalue weighted by atomic mass is 9.94. The second kappa shape index (κ2) is 4.45. The molecule has 4 heterocycles. The van der Waals surface area contributed by atoms with Crippen LogP contribution in [0.3, 0.4) is 0 Å². The highest BCUT2D eigenvalue weighted by molar-refractivity contribution is 9.10. The summed E-state index contributed by atoms with van der Waals surface area (Å²) in [7, 11) is 0. The van der Waals surface area contributed by atoms with Crippen LogP contribution in [0, 0.1) is 5.92 Å². The molecule has 2 aromatic heterocycles. The van der Waals surface area contributed by atoms with Crippen LogP contribution in [0.4, 0.5) is 5.95 Å². The summed E-state index contributed by atoms with van der Waals surface area (Å²) in [6.07, 6.45) is 4.56. The van der Waals surface area contributed by atoms with Crippen molar-refractivity contribution in [2.45, 2.75) is 18.9 Å². The summed E-state index contributed by atoms with van der Waals surface area (Å²) in [6.45, 7) is 3.25. The maximum Gasteiger partial charge on any atom is 0.245 e. The van der Waals surface area contributed by atoms with E-state index in [0.29, 0.717) is 6.04 Å². The molecule has 0 bridgehead atoms. The molecule has 2 aliphatic heterocycles. The Morgan fingerprint density at radius 3 is 3.16 bits per heavy atom. The highest BCUT2D eigenvalue weighted by Crippen LogP contribution is 2.28. The lowest BCUT2D eigenvalue weighted by Gasteiger charge is -2.24. The van der Waals surface area contributed by atoms with E-state index >= 15 is 0 Å². The van der Waals surface area contributed by atoms with Crippen molar-refractivity contribution in [1.29, 1.82) is 0 Å². The van der Waals surface area contributed by atoms with E-state index in [1.807, 2.05) is 22.8 Å². The summed E-state index contributed by atoms with van der Waals surface area (Å²) in [5.74, 6) is 1.60. The van der Waals surface area contributed by atoms with Gasteiger partial charge in [0.05, 0.1) is 4.47 Å². The van der Waals surface area contributed by atoms with E-state index < -0.39 is 0 Å². The fourth-order valence-electron chi connectivity index (χ4n) is 3.21. The minimum Gasteiger partial charge on any atom is -0.338 e. The van der Waals surface area contributed by atoms with E-state index in [-0.39, 0.29) is 0 Å². The first-order chi connectivity index (χ1) is 9.31. The van der Waals surface area contributed by atoms with E-state index in [0.717, 1.165) is 41.6 Å². The highest BCUT2D eigenvalue weighted by Gasteiger charge is 2.35. The first kappa shape index (κ1) is 11.7. The predicted molar refractivity (Wildman–Crippen MR) is 77.4 cm³/mol. The Morgan fingerprint density at radius 1 is 1.37 bits per heavy atom. The summed E-state index contributed by atoms with van der Waals surface area (Å²) in [5.41, 5.74) is 0.889. The number of nitrogens with zero attached hydrogens (tertiary/aromatic N) is 4. The fourth-order valence-corrected chi connectivity index (χ4v) is 3.63. The first-order valence-corrected chi connectivity index (χ1v) is 7.60. The van der Waals surface area contributed by atoms with Gasteiger partial charge in [-0.05, 0) is 53.4 Å². The van der Waals surface area contributed by atoms with Crippen LogP contribution in [-0.2, 0) is 0 Å². The van der Waals surface area contributed by atoms with Crippen LogP contribution >= 0.6 is 15.9 Å². The Balaban J connectivity index is 1.66. The first-order valence-electron chi connectivity index (χ1n) is 6.80. The maximum absolute atomic E-state index is 4.66. The zero-order chi connectivity index (χ0) is 12.8. The van der Waals surface area contributed by atoms with E-state index in [1.54, 1.807) is 0 Å². The Kier molecular flexibility index (Phi) is 2.73. The second-order valence-corrected chi connectivity index (χ2v) is 6.26. The molecule has 1 N–H and O–H groups in total. The summed E-state index contributed by atoms with van der Waals surface area (Å²) in [4.78, 5) is 6.97. The van der Waals surface area contributed by atoms with Gasteiger partial charge < -0.3 is 10.2 Å². The zero-order valence-electron chi connectivity index (χ0n) is 10.6. The van der Waals surface area contributed by atoms with E-state index in [4.69, 9.17) is 0 Å². The molecule has 0 amide bonds. The average Bonchev–Trinajstić information content (AvgIpc) is 3.02. The van der Waals surface area contributed by atoms with Crippen LogP contribution in [0.5, 0.6) is 0 Å². The van der Waals surface area contributed by atoms with Gasteiger partial charge in [-0.15, -0.1) is 5.10 Å². The normalized spacial score (nSPS) is 26.9. The van der Waals surface area contributed by atoms with Gasteiger partial charge in [0.15, 0.2) is 5.65 Å². The SMILES string of the molecule is Brc1cccn2nc(N3C[C@@H]4CCCN[C@@H]4C3)nc12. The van der Waals surface area contributed by atoms with Gasteiger partial charge in [-0.1, -0.05) is 0 Å². The highest BCUT2D eigenvalue weighted by atomic mass is 79.9. The molecule has 0 aromatic carbocycles. The second-order valence-electron chi connectivity index (χ2n) is 5.40. The number of hydrogen-bond donors (Lipinski definition) is 1. The Labute approximate surface area is 120 Å². The molecule has 5 nitrogen and oxygen atoms in total. The number of nitrogens with one attached hydrogen (secondary N) is 1. The molecule has 0 radical (unpaired) electrons. The summed E-state index contributed by atoms with van der Waals surface area (Å²) < 4.78 is 2.83. The van der Waals surface area contributed by atoms with Crippen LogP contribution in [0.25, 0.3) is 5.65 Å². The predicted octanol–water partition coefficient (Wildman–Crippen LogP) is 1.68. The van der Waals surface area contributed by atoms with Crippen molar-refractivity contribution < 1.29 is 0 Å². The fraction of sp³-hybridized carbons (Fsp3) is 0.538. The lowest BCUT2D eigenvalue weighted by molar-refractivity contribution is 0.340. The average molecular weight is 322 g/mol. The van der Waals surface area contributed by atoms with Gasteiger partial charge in [0.1, 0.15) is 0 Å². The van der Waals surface area contributed by atoms with Crippen LogP contribution in [0.2, 0.25) is 0 Å². The molecule has 0 unspecified atom stereocenters. The van der Waals surface area contributed by atoms with Crippen molar-refractivity contribution >= 4 is 27.5 Å². The molecule has 0 spiro atoms. The van der Waals surface area contributed by atoms with Gasteiger partial charge in [-0.2, -0.15) is 4.98 Å². The number of halogens is 1. The molecule has 0 aliphatic carbocycles. The largest absolute Gasteiger partial charge is 0.338 e. The third-order valence-electron chi connectivity index (χ3n) is 4.19. The number of anilines is 1. The van der Waals surface area contributed by atoms with Crippen molar-refractivity contribution in [1.82, 2.24) is 19.9 Å². The van der Waals surface area contributed by atoms with E-state index in [2.05, 4.69) is 36.2 Å². The molecule has 0 saturated carbocycles. The Bertz CT molecular complexity index is 596. The third-order valence-corrected chi connectivity index (χ3v) is 4.80. The molecule has 4 rings (SSSR count). The molecular formula is C13H16BrN5. The van der Waals surface area contributed by atoms with Gasteiger partial charge in [-0.3, -0.25) is 0 Å². The smallest absolute Gasteiger partial charge is 0.245 e. The molecule has 2 saturated heterocycles. The molecule has 2 aromatic rings. The lowest BCUT2D eigenvalue weighted by Crippen LogP contribution is -2.40. The number of rotatable bonds is 1. The van der Waals surface area contributed by atoms with Gasteiger partial charge >= 0.3 is 0 Å². The van der Waals surface area contributed by atoms with E-state index in [9.17, 15) is 0 Å². The van der Waals surface area contributed by atoms with Crippen LogP contribution in [0.1, 0.15) is 12.8 Å². The maximum atomic E-state index is 4.66. The van der Waals surface area contributed by atoms with Crippen molar-refractivity contribution in [2.24, 2.45) is 5.92 Å². The quantitative estimate of drug-likeness (QED) is 0.868. The minimum atomic E-state index is 0.615. The zero-order valence-corrected chi connectivity index (χ0v) is 12.2. The van der Waals surface area contributed by atoms with Gasteiger partial charge in [0.2, 0.25) is 5.95 Å². The molecular weight excluding hydrogens is 306 g/mol. The monoisotopic (exact) mass is 321 g/mol. The van der Waals surface area contributed by atoms with Crippen molar-refractivity contribution in [3.8, 4) is 0 Å². The summed E-state index contributed by atoms with van der Waals surface area (Å²) in [5, 5.41) is 8.20. The molecule has 6 heteroatoms. The number of pyridine rings is 1. The standard InChI is InChI=1S/C13H16BrN5/c14-10-4-2-6-19-12(10)16-13(17-19)18-7-9-3-1-5-15-11(9)8-18/h2,4,6,9,11,15H,1,3,5,7-8H2/t9-,11+/m0/s1. The number of hydrogen-bond acceptors (Lipinski definition) is 4. The van der Waals surface area contributed by atoms with Gasteiger partial charge in [-0.25, -0.2) is 4.52 Å². The van der Waals surface area contributed by atoms with Gasteiger partial charge in [0, 0.05) is 25.3 Å². The van der Waals surface area contributed by atoms with Crippen molar-refractivity contribution in [2.75, 3.05) is 24.5 Å². The minimum absolute atomic E-state index is 0.615. The molecule has 100 valence electrons. The molecule has 2 atom stereocenters. The molecule has 2 aliphatic rings. The van der Waals surface area contributed by atoms with Crippen molar-refractivity contribution in [3.05, 3.63) is 22.8 Å². The van der Waals surface area contributed by atoms with Crippen LogP contribution in [-0.4, -0.2) is 40.3 Å². The molecule has 2 fully saturated rings. The number of fused-ring (bicyclic) bond motifs is 2. The summed E-state index contributed by atoms with van der Waals surface area (Å²) in [6, 6.07) is 4.59.